The van der Waals surface area contributed by atoms with Crippen molar-refractivity contribution in [3.8, 4) is 6.07 Å². The molecule has 0 spiro atoms. The van der Waals surface area contributed by atoms with Gasteiger partial charge in [0.1, 0.15) is 0 Å². The molecular formula is C12H18BrN3. The summed E-state index contributed by atoms with van der Waals surface area (Å²) < 4.78 is 3.06. The van der Waals surface area contributed by atoms with Crippen molar-refractivity contribution >= 4 is 15.9 Å². The predicted octanol–water partition coefficient (Wildman–Crippen LogP) is 3.32. The largest absolute Gasteiger partial charge is 0.268 e. The lowest BCUT2D eigenvalue weighted by molar-refractivity contribution is 0.463. The maximum Gasteiger partial charge on any atom is 0.0766 e. The maximum absolute atomic E-state index is 9.08. The van der Waals surface area contributed by atoms with Crippen LogP contribution in [0.25, 0.3) is 0 Å². The molecule has 1 aromatic heterocycles. The number of nitriles is 1. The first-order chi connectivity index (χ1) is 7.45. The molecule has 0 aliphatic heterocycles. The fourth-order valence-electron chi connectivity index (χ4n) is 1.64. The van der Waals surface area contributed by atoms with Crippen LogP contribution >= 0.6 is 15.9 Å². The highest BCUT2D eigenvalue weighted by Crippen LogP contribution is 2.28. The molecule has 3 nitrogen and oxygen atoms in total. The van der Waals surface area contributed by atoms with Crippen molar-refractivity contribution in [1.82, 2.24) is 9.78 Å². The van der Waals surface area contributed by atoms with Crippen LogP contribution in [0.1, 0.15) is 39.1 Å². The monoisotopic (exact) mass is 283 g/mol. The van der Waals surface area contributed by atoms with Crippen LogP contribution in [-0.2, 0) is 19.4 Å². The molecule has 0 amide bonds. The van der Waals surface area contributed by atoms with E-state index in [4.69, 9.17) is 5.26 Å². The topological polar surface area (TPSA) is 41.6 Å². The van der Waals surface area contributed by atoms with Crippen molar-refractivity contribution in [3.05, 3.63) is 15.9 Å². The van der Waals surface area contributed by atoms with E-state index < -0.39 is 0 Å². The SMILES string of the molecule is CCc1nn(CC)c(CC(C)(C)C#N)c1Br. The van der Waals surface area contributed by atoms with Crippen molar-refractivity contribution in [2.45, 2.75) is 47.1 Å². The molecule has 0 unspecified atom stereocenters. The summed E-state index contributed by atoms with van der Waals surface area (Å²) >= 11 is 3.59. The van der Waals surface area contributed by atoms with Crippen LogP contribution in [0.2, 0.25) is 0 Å². The smallest absolute Gasteiger partial charge is 0.0766 e. The zero-order valence-corrected chi connectivity index (χ0v) is 11.9. The van der Waals surface area contributed by atoms with Crippen LogP contribution in [0, 0.1) is 16.7 Å². The summed E-state index contributed by atoms with van der Waals surface area (Å²) in [7, 11) is 0. The maximum atomic E-state index is 9.08. The average molecular weight is 284 g/mol. The average Bonchev–Trinajstić information content (AvgIpc) is 2.55. The normalized spacial score (nSPS) is 11.5. The second-order valence-corrected chi connectivity index (χ2v) is 5.34. The Kier molecular flexibility index (Phi) is 4.15. The lowest BCUT2D eigenvalue weighted by Crippen LogP contribution is -2.16. The Balaban J connectivity index is 3.13. The summed E-state index contributed by atoms with van der Waals surface area (Å²) in [4.78, 5) is 0. The van der Waals surface area contributed by atoms with Gasteiger partial charge in [0.15, 0.2) is 0 Å². The minimum atomic E-state index is -0.347. The number of hydrogen-bond donors (Lipinski definition) is 0. The third kappa shape index (κ3) is 2.65. The Morgan fingerprint density at radius 1 is 1.44 bits per heavy atom. The lowest BCUT2D eigenvalue weighted by atomic mass is 9.89. The van der Waals surface area contributed by atoms with Gasteiger partial charge >= 0.3 is 0 Å². The molecule has 0 saturated carbocycles. The summed E-state index contributed by atoms with van der Waals surface area (Å²) in [6.45, 7) is 8.92. The molecule has 0 N–H and O–H groups in total. The van der Waals surface area contributed by atoms with Gasteiger partial charge in [0.25, 0.3) is 0 Å². The first-order valence-electron chi connectivity index (χ1n) is 5.60. The molecule has 1 aromatic rings. The predicted molar refractivity (Wildman–Crippen MR) is 68.1 cm³/mol. The van der Waals surface area contributed by atoms with Gasteiger partial charge in [-0.2, -0.15) is 10.4 Å². The number of halogens is 1. The van der Waals surface area contributed by atoms with Crippen LogP contribution in [0.5, 0.6) is 0 Å². The summed E-state index contributed by atoms with van der Waals surface area (Å²) in [6.07, 6.45) is 1.64. The van der Waals surface area contributed by atoms with Crippen LogP contribution in [0.4, 0.5) is 0 Å². The van der Waals surface area contributed by atoms with E-state index in [9.17, 15) is 0 Å². The minimum absolute atomic E-state index is 0.347. The van der Waals surface area contributed by atoms with Gasteiger partial charge in [-0.15, -0.1) is 0 Å². The number of aryl methyl sites for hydroxylation is 2. The van der Waals surface area contributed by atoms with Gasteiger partial charge in [0.2, 0.25) is 0 Å². The Morgan fingerprint density at radius 2 is 2.06 bits per heavy atom. The number of hydrogen-bond acceptors (Lipinski definition) is 2. The summed E-state index contributed by atoms with van der Waals surface area (Å²) in [5.41, 5.74) is 1.86. The van der Waals surface area contributed by atoms with Gasteiger partial charge in [-0.3, -0.25) is 4.68 Å². The zero-order chi connectivity index (χ0) is 12.3. The molecule has 0 aromatic carbocycles. The standard InChI is InChI=1S/C12H18BrN3/c1-5-9-11(13)10(16(6-2)15-9)7-12(3,4)8-14/h5-7H2,1-4H3. The van der Waals surface area contributed by atoms with E-state index in [0.717, 1.165) is 35.2 Å². The fourth-order valence-corrected chi connectivity index (χ4v) is 2.35. The molecular weight excluding hydrogens is 266 g/mol. The molecule has 88 valence electrons. The molecule has 0 saturated heterocycles. The van der Waals surface area contributed by atoms with E-state index in [1.165, 1.54) is 0 Å². The Hall–Kier alpha value is -0.820. The van der Waals surface area contributed by atoms with Crippen molar-refractivity contribution in [2.24, 2.45) is 5.41 Å². The van der Waals surface area contributed by atoms with E-state index in [0.29, 0.717) is 0 Å². The minimum Gasteiger partial charge on any atom is -0.268 e. The van der Waals surface area contributed by atoms with E-state index in [1.54, 1.807) is 0 Å². The third-order valence-electron chi connectivity index (χ3n) is 2.61. The van der Waals surface area contributed by atoms with Gasteiger partial charge in [-0.1, -0.05) is 6.92 Å². The number of nitrogens with zero attached hydrogens (tertiary/aromatic N) is 3. The summed E-state index contributed by atoms with van der Waals surface area (Å²) in [6, 6.07) is 2.33. The van der Waals surface area contributed by atoms with Crippen molar-refractivity contribution in [3.63, 3.8) is 0 Å². The molecule has 0 aliphatic carbocycles. The van der Waals surface area contributed by atoms with Crippen LogP contribution in [-0.4, -0.2) is 9.78 Å². The van der Waals surface area contributed by atoms with Crippen LogP contribution in [0.3, 0.4) is 0 Å². The van der Waals surface area contributed by atoms with Gasteiger partial charge in [-0.05, 0) is 43.1 Å². The zero-order valence-electron chi connectivity index (χ0n) is 10.3. The quantitative estimate of drug-likeness (QED) is 0.851. The van der Waals surface area contributed by atoms with Gasteiger partial charge in [0.05, 0.1) is 27.3 Å². The van der Waals surface area contributed by atoms with Gasteiger partial charge < -0.3 is 0 Å². The van der Waals surface area contributed by atoms with Crippen LogP contribution in [0.15, 0.2) is 4.47 Å². The fraction of sp³-hybridized carbons (Fsp3) is 0.667. The molecule has 0 radical (unpaired) electrons. The van der Waals surface area contributed by atoms with Gasteiger partial charge in [-0.25, -0.2) is 0 Å². The first-order valence-corrected chi connectivity index (χ1v) is 6.39. The molecule has 1 heterocycles. The highest BCUT2D eigenvalue weighted by Gasteiger charge is 2.23. The molecule has 1 rings (SSSR count). The first kappa shape index (κ1) is 13.2. The third-order valence-corrected chi connectivity index (χ3v) is 3.52. The molecule has 16 heavy (non-hydrogen) atoms. The highest BCUT2D eigenvalue weighted by atomic mass is 79.9. The van der Waals surface area contributed by atoms with Gasteiger partial charge in [0, 0.05) is 13.0 Å². The second kappa shape index (κ2) is 5.01. The molecule has 0 fully saturated rings. The molecule has 0 bridgehead atoms. The summed E-state index contributed by atoms with van der Waals surface area (Å²) in [5, 5.41) is 13.6. The van der Waals surface area contributed by atoms with E-state index in [2.05, 4.69) is 40.9 Å². The Bertz CT molecular complexity index is 413. The number of rotatable bonds is 4. The summed E-state index contributed by atoms with van der Waals surface area (Å²) in [5.74, 6) is 0. The van der Waals surface area contributed by atoms with Crippen molar-refractivity contribution in [1.29, 1.82) is 5.26 Å². The van der Waals surface area contributed by atoms with Crippen molar-refractivity contribution in [2.75, 3.05) is 0 Å². The van der Waals surface area contributed by atoms with E-state index >= 15 is 0 Å². The Morgan fingerprint density at radius 3 is 2.50 bits per heavy atom. The van der Waals surface area contributed by atoms with Crippen molar-refractivity contribution < 1.29 is 0 Å². The molecule has 0 atom stereocenters. The molecule has 0 aliphatic rings. The lowest BCUT2D eigenvalue weighted by Gasteiger charge is -2.16. The highest BCUT2D eigenvalue weighted by molar-refractivity contribution is 9.10. The van der Waals surface area contributed by atoms with Crippen LogP contribution < -0.4 is 0 Å². The Labute approximate surface area is 106 Å². The second-order valence-electron chi connectivity index (χ2n) is 4.55. The number of aromatic nitrogens is 2. The van der Waals surface area contributed by atoms with E-state index in [1.807, 2.05) is 18.5 Å². The molecule has 4 heteroatoms. The van der Waals surface area contributed by atoms with E-state index in [-0.39, 0.29) is 5.41 Å².